The fourth-order valence-electron chi connectivity index (χ4n) is 1.86. The number of carboxylic acids is 1. The molecule has 0 aromatic heterocycles. The Morgan fingerprint density at radius 2 is 2.10 bits per heavy atom. The lowest BCUT2D eigenvalue weighted by atomic mass is 10.1. The fourth-order valence-corrected chi connectivity index (χ4v) is 1.86. The number of aliphatic carboxylic acids is 1. The normalized spacial score (nSPS) is 10.8. The van der Waals surface area contributed by atoms with Crippen molar-refractivity contribution in [1.82, 2.24) is 0 Å². The lowest BCUT2D eigenvalue weighted by Crippen LogP contribution is -1.91. The van der Waals surface area contributed by atoms with Crippen molar-refractivity contribution in [3.8, 4) is 11.5 Å². The summed E-state index contributed by atoms with van der Waals surface area (Å²) in [5, 5.41) is 8.67. The van der Waals surface area contributed by atoms with Gasteiger partial charge in [0.05, 0.1) is 0 Å². The van der Waals surface area contributed by atoms with Crippen LogP contribution in [-0.4, -0.2) is 11.1 Å². The van der Waals surface area contributed by atoms with Crippen LogP contribution in [0.4, 0.5) is 4.39 Å². The van der Waals surface area contributed by atoms with Gasteiger partial charge in [0.1, 0.15) is 17.3 Å². The van der Waals surface area contributed by atoms with E-state index in [2.05, 4.69) is 0 Å². The summed E-state index contributed by atoms with van der Waals surface area (Å²) in [7, 11) is 0. The Labute approximate surface area is 122 Å². The maximum atomic E-state index is 13.3. The van der Waals surface area contributed by atoms with Crippen LogP contribution in [0, 0.1) is 5.82 Å². The average Bonchev–Trinajstić information content (AvgIpc) is 2.47. The monoisotopic (exact) mass is 286 g/mol. The number of ether oxygens (including phenoxy) is 1. The maximum Gasteiger partial charge on any atom is 0.328 e. The van der Waals surface area contributed by atoms with E-state index >= 15 is 0 Å². The standard InChI is InChI=1S/C17H15FO3/c1-2-12-4-3-5-15(10-12)21-16-8-7-14(18)11-13(16)6-9-17(19)20/h3-11H,2H2,1H3,(H,19,20)/b9-6-. The first-order valence-electron chi connectivity index (χ1n) is 6.56. The molecule has 3 nitrogen and oxygen atoms in total. The summed E-state index contributed by atoms with van der Waals surface area (Å²) in [6.45, 7) is 2.04. The molecule has 108 valence electrons. The summed E-state index contributed by atoms with van der Waals surface area (Å²) in [6.07, 6.45) is 3.14. The van der Waals surface area contributed by atoms with Gasteiger partial charge in [0.15, 0.2) is 0 Å². The van der Waals surface area contributed by atoms with E-state index in [9.17, 15) is 9.18 Å². The molecule has 0 bridgehead atoms. The smallest absolute Gasteiger partial charge is 0.328 e. The van der Waals surface area contributed by atoms with Crippen LogP contribution >= 0.6 is 0 Å². The van der Waals surface area contributed by atoms with Gasteiger partial charge in [-0.05, 0) is 48.4 Å². The third-order valence-electron chi connectivity index (χ3n) is 2.91. The first-order chi connectivity index (χ1) is 10.1. The molecule has 0 amide bonds. The first-order valence-corrected chi connectivity index (χ1v) is 6.56. The lowest BCUT2D eigenvalue weighted by Gasteiger charge is -2.10. The molecule has 0 fully saturated rings. The number of carbonyl (C=O) groups is 1. The van der Waals surface area contributed by atoms with Crippen LogP contribution in [0.25, 0.3) is 6.08 Å². The fraction of sp³-hybridized carbons (Fsp3) is 0.118. The van der Waals surface area contributed by atoms with E-state index in [-0.39, 0.29) is 0 Å². The third kappa shape index (κ3) is 4.18. The van der Waals surface area contributed by atoms with Crippen LogP contribution in [0.3, 0.4) is 0 Å². The summed E-state index contributed by atoms with van der Waals surface area (Å²) >= 11 is 0. The van der Waals surface area contributed by atoms with E-state index in [4.69, 9.17) is 9.84 Å². The minimum atomic E-state index is -1.10. The van der Waals surface area contributed by atoms with Crippen LogP contribution in [0.1, 0.15) is 18.1 Å². The Hall–Kier alpha value is -2.62. The van der Waals surface area contributed by atoms with Gasteiger partial charge in [-0.2, -0.15) is 0 Å². The largest absolute Gasteiger partial charge is 0.478 e. The molecular formula is C17H15FO3. The Bertz CT molecular complexity index is 677. The minimum absolute atomic E-state index is 0.374. The van der Waals surface area contributed by atoms with Crippen molar-refractivity contribution in [3.63, 3.8) is 0 Å². The van der Waals surface area contributed by atoms with Gasteiger partial charge in [-0.15, -0.1) is 0 Å². The van der Waals surface area contributed by atoms with Gasteiger partial charge in [-0.3, -0.25) is 0 Å². The van der Waals surface area contributed by atoms with Crippen LogP contribution in [0.15, 0.2) is 48.5 Å². The molecule has 0 aliphatic rings. The van der Waals surface area contributed by atoms with Crippen molar-refractivity contribution >= 4 is 12.0 Å². The molecule has 0 saturated carbocycles. The van der Waals surface area contributed by atoms with E-state index < -0.39 is 11.8 Å². The summed E-state index contributed by atoms with van der Waals surface area (Å²) in [4.78, 5) is 10.6. The zero-order valence-electron chi connectivity index (χ0n) is 11.5. The van der Waals surface area contributed by atoms with Gasteiger partial charge in [-0.25, -0.2) is 9.18 Å². The van der Waals surface area contributed by atoms with Crippen molar-refractivity contribution in [1.29, 1.82) is 0 Å². The number of hydrogen-bond acceptors (Lipinski definition) is 2. The minimum Gasteiger partial charge on any atom is -0.478 e. The molecule has 4 heteroatoms. The molecule has 0 saturated heterocycles. The zero-order valence-corrected chi connectivity index (χ0v) is 11.5. The van der Waals surface area contributed by atoms with Gasteiger partial charge >= 0.3 is 5.97 Å². The van der Waals surface area contributed by atoms with E-state index in [0.717, 1.165) is 18.1 Å². The van der Waals surface area contributed by atoms with Crippen LogP contribution < -0.4 is 4.74 Å². The molecule has 21 heavy (non-hydrogen) atoms. The molecule has 0 atom stereocenters. The zero-order chi connectivity index (χ0) is 15.2. The van der Waals surface area contributed by atoms with E-state index in [1.54, 1.807) is 6.07 Å². The highest BCUT2D eigenvalue weighted by Gasteiger charge is 2.05. The number of rotatable bonds is 5. The average molecular weight is 286 g/mol. The summed E-state index contributed by atoms with van der Waals surface area (Å²) < 4.78 is 19.0. The summed E-state index contributed by atoms with van der Waals surface area (Å²) in [6, 6.07) is 11.6. The molecule has 0 aliphatic carbocycles. The predicted molar refractivity (Wildman–Crippen MR) is 79.0 cm³/mol. The van der Waals surface area contributed by atoms with Crippen LogP contribution in [-0.2, 0) is 11.2 Å². The molecule has 0 aliphatic heterocycles. The van der Waals surface area contributed by atoms with Crippen molar-refractivity contribution in [2.45, 2.75) is 13.3 Å². The molecule has 2 aromatic rings. The highest BCUT2D eigenvalue weighted by Crippen LogP contribution is 2.27. The maximum absolute atomic E-state index is 13.3. The first kappa shape index (κ1) is 14.8. The van der Waals surface area contributed by atoms with Gasteiger partial charge in [0, 0.05) is 11.6 Å². The Morgan fingerprint density at radius 1 is 1.29 bits per heavy atom. The quantitative estimate of drug-likeness (QED) is 0.834. The van der Waals surface area contributed by atoms with E-state index in [1.807, 2.05) is 25.1 Å². The SMILES string of the molecule is CCc1cccc(Oc2ccc(F)cc2/C=C\C(=O)O)c1. The van der Waals surface area contributed by atoms with Crippen molar-refractivity contribution in [2.75, 3.05) is 0 Å². The number of hydrogen-bond donors (Lipinski definition) is 1. The molecule has 1 N–H and O–H groups in total. The predicted octanol–water partition coefficient (Wildman–Crippen LogP) is 4.28. The highest BCUT2D eigenvalue weighted by molar-refractivity contribution is 5.85. The molecule has 0 unspecified atom stereocenters. The van der Waals surface area contributed by atoms with Crippen LogP contribution in [0.5, 0.6) is 11.5 Å². The number of halogens is 1. The van der Waals surface area contributed by atoms with Gasteiger partial charge in [0.2, 0.25) is 0 Å². The molecular weight excluding hydrogens is 271 g/mol. The number of benzene rings is 2. The molecule has 0 heterocycles. The summed E-state index contributed by atoms with van der Waals surface area (Å²) in [5.41, 5.74) is 1.50. The Morgan fingerprint density at radius 3 is 2.81 bits per heavy atom. The second kappa shape index (κ2) is 6.70. The Balaban J connectivity index is 2.32. The van der Waals surface area contributed by atoms with Gasteiger partial charge in [-0.1, -0.05) is 19.1 Å². The van der Waals surface area contributed by atoms with E-state index in [0.29, 0.717) is 17.1 Å². The molecule has 0 radical (unpaired) electrons. The number of aryl methyl sites for hydroxylation is 1. The second-order valence-electron chi connectivity index (χ2n) is 4.46. The summed E-state index contributed by atoms with van der Waals surface area (Å²) in [5.74, 6) is -0.513. The number of carboxylic acid groups (broad SMARTS) is 1. The van der Waals surface area contributed by atoms with Crippen LogP contribution in [0.2, 0.25) is 0 Å². The van der Waals surface area contributed by atoms with Crippen molar-refractivity contribution in [3.05, 3.63) is 65.5 Å². The van der Waals surface area contributed by atoms with Crippen molar-refractivity contribution < 1.29 is 19.0 Å². The van der Waals surface area contributed by atoms with Gasteiger partial charge in [0.25, 0.3) is 0 Å². The molecule has 2 rings (SSSR count). The lowest BCUT2D eigenvalue weighted by molar-refractivity contribution is -0.131. The Kier molecular flexibility index (Phi) is 4.72. The topological polar surface area (TPSA) is 46.5 Å². The van der Waals surface area contributed by atoms with Crippen molar-refractivity contribution in [2.24, 2.45) is 0 Å². The van der Waals surface area contributed by atoms with E-state index in [1.165, 1.54) is 24.3 Å². The molecule has 2 aromatic carbocycles. The van der Waals surface area contributed by atoms with Gasteiger partial charge < -0.3 is 9.84 Å². The highest BCUT2D eigenvalue weighted by atomic mass is 19.1. The third-order valence-corrected chi connectivity index (χ3v) is 2.91. The molecule has 0 spiro atoms. The second-order valence-corrected chi connectivity index (χ2v) is 4.46.